The van der Waals surface area contributed by atoms with Crippen LogP contribution < -0.4 is 11.1 Å². The molecule has 1 amide bonds. The average molecular weight is 227 g/mol. The predicted molar refractivity (Wildman–Crippen MR) is 67.4 cm³/mol. The quantitative estimate of drug-likeness (QED) is 0.837. The molecule has 0 spiro atoms. The van der Waals surface area contributed by atoms with E-state index >= 15 is 0 Å². The molecule has 0 aliphatic rings. The van der Waals surface area contributed by atoms with Crippen molar-refractivity contribution < 1.29 is 4.79 Å². The molecule has 4 heteroatoms. The van der Waals surface area contributed by atoms with Crippen molar-refractivity contribution in [1.82, 2.24) is 4.98 Å². The largest absolute Gasteiger partial charge is 0.325 e. The smallest absolute Gasteiger partial charge is 0.238 e. The van der Waals surface area contributed by atoms with Gasteiger partial charge in [0.25, 0.3) is 0 Å². The van der Waals surface area contributed by atoms with Crippen molar-refractivity contribution in [2.24, 2.45) is 5.73 Å². The molecular formula is C13H13N3O. The summed E-state index contributed by atoms with van der Waals surface area (Å²) in [7, 11) is 0. The average Bonchev–Trinajstić information content (AvgIpc) is 2.40. The summed E-state index contributed by atoms with van der Waals surface area (Å²) in [6, 6.07) is 11.4. The number of carbonyl (C=O) groups excluding carboxylic acids is 1. The zero-order chi connectivity index (χ0) is 12.1. The van der Waals surface area contributed by atoms with E-state index in [2.05, 4.69) is 10.3 Å². The fourth-order valence-electron chi connectivity index (χ4n) is 1.49. The predicted octanol–water partition coefficient (Wildman–Crippen LogP) is 1.65. The third kappa shape index (κ3) is 2.89. The number of hydrogen-bond acceptors (Lipinski definition) is 3. The summed E-state index contributed by atoms with van der Waals surface area (Å²) in [5.74, 6) is -0.195. The van der Waals surface area contributed by atoms with Crippen LogP contribution in [0.4, 0.5) is 5.69 Å². The zero-order valence-electron chi connectivity index (χ0n) is 9.26. The lowest BCUT2D eigenvalue weighted by molar-refractivity contribution is -0.114. The SMILES string of the molecule is NCC(=O)Nc1ccc(-c2cccnc2)cc1. The first kappa shape index (κ1) is 11.3. The molecule has 1 heterocycles. The van der Waals surface area contributed by atoms with E-state index in [0.29, 0.717) is 0 Å². The monoisotopic (exact) mass is 227 g/mol. The number of hydrogen-bond donors (Lipinski definition) is 2. The molecule has 0 saturated carbocycles. The van der Waals surface area contributed by atoms with E-state index in [0.717, 1.165) is 16.8 Å². The van der Waals surface area contributed by atoms with Crippen LogP contribution in [0.1, 0.15) is 0 Å². The summed E-state index contributed by atoms with van der Waals surface area (Å²) in [6.45, 7) is -0.00957. The van der Waals surface area contributed by atoms with Gasteiger partial charge in [-0.1, -0.05) is 18.2 Å². The van der Waals surface area contributed by atoms with Crippen molar-refractivity contribution in [2.45, 2.75) is 0 Å². The van der Waals surface area contributed by atoms with Crippen LogP contribution in [0.3, 0.4) is 0 Å². The van der Waals surface area contributed by atoms with Crippen LogP contribution in [0.15, 0.2) is 48.8 Å². The second-order valence-electron chi connectivity index (χ2n) is 3.57. The Bertz CT molecular complexity index is 494. The summed E-state index contributed by atoms with van der Waals surface area (Å²) in [5, 5.41) is 2.69. The molecule has 4 nitrogen and oxygen atoms in total. The number of pyridine rings is 1. The van der Waals surface area contributed by atoms with E-state index in [1.165, 1.54) is 0 Å². The van der Waals surface area contributed by atoms with Gasteiger partial charge in [-0.05, 0) is 29.3 Å². The van der Waals surface area contributed by atoms with Crippen molar-refractivity contribution in [3.63, 3.8) is 0 Å². The molecule has 1 aromatic carbocycles. The van der Waals surface area contributed by atoms with Crippen molar-refractivity contribution in [1.29, 1.82) is 0 Å². The first-order valence-electron chi connectivity index (χ1n) is 5.30. The Morgan fingerprint density at radius 2 is 1.94 bits per heavy atom. The second kappa shape index (κ2) is 5.23. The molecule has 0 unspecified atom stereocenters. The maximum atomic E-state index is 11.1. The Morgan fingerprint density at radius 3 is 2.53 bits per heavy atom. The van der Waals surface area contributed by atoms with Crippen molar-refractivity contribution in [3.05, 3.63) is 48.8 Å². The van der Waals surface area contributed by atoms with Gasteiger partial charge in [-0.2, -0.15) is 0 Å². The normalized spacial score (nSPS) is 9.94. The second-order valence-corrected chi connectivity index (χ2v) is 3.57. The first-order chi connectivity index (χ1) is 8.29. The summed E-state index contributed by atoms with van der Waals surface area (Å²) in [5.41, 5.74) is 8.07. The maximum Gasteiger partial charge on any atom is 0.238 e. The van der Waals surface area contributed by atoms with E-state index in [1.807, 2.05) is 36.4 Å². The van der Waals surface area contributed by atoms with Crippen molar-refractivity contribution >= 4 is 11.6 Å². The molecule has 0 aliphatic carbocycles. The number of nitrogens with zero attached hydrogens (tertiary/aromatic N) is 1. The highest BCUT2D eigenvalue weighted by Crippen LogP contribution is 2.20. The van der Waals surface area contributed by atoms with Gasteiger partial charge in [0.1, 0.15) is 0 Å². The van der Waals surface area contributed by atoms with Gasteiger partial charge in [0.05, 0.1) is 6.54 Å². The lowest BCUT2D eigenvalue weighted by Crippen LogP contribution is -2.21. The van der Waals surface area contributed by atoms with Crippen LogP contribution in [-0.2, 0) is 4.79 Å². The van der Waals surface area contributed by atoms with Crippen LogP contribution >= 0.6 is 0 Å². The molecule has 86 valence electrons. The van der Waals surface area contributed by atoms with Gasteiger partial charge in [-0.15, -0.1) is 0 Å². The summed E-state index contributed by atoms with van der Waals surface area (Å²) >= 11 is 0. The number of rotatable bonds is 3. The molecule has 17 heavy (non-hydrogen) atoms. The van der Waals surface area contributed by atoms with Gasteiger partial charge >= 0.3 is 0 Å². The lowest BCUT2D eigenvalue weighted by atomic mass is 10.1. The Hall–Kier alpha value is -2.20. The van der Waals surface area contributed by atoms with Crippen LogP contribution in [0, 0.1) is 0 Å². The Morgan fingerprint density at radius 1 is 1.18 bits per heavy atom. The Kier molecular flexibility index (Phi) is 3.47. The molecule has 2 aromatic rings. The van der Waals surface area contributed by atoms with Gasteiger partial charge in [0.2, 0.25) is 5.91 Å². The molecule has 0 atom stereocenters. The maximum absolute atomic E-state index is 11.1. The van der Waals surface area contributed by atoms with Gasteiger partial charge in [0.15, 0.2) is 0 Å². The van der Waals surface area contributed by atoms with E-state index in [9.17, 15) is 4.79 Å². The van der Waals surface area contributed by atoms with Crippen LogP contribution in [0.5, 0.6) is 0 Å². The van der Waals surface area contributed by atoms with Crippen LogP contribution in [0.25, 0.3) is 11.1 Å². The molecular weight excluding hydrogens is 214 g/mol. The number of nitrogens with one attached hydrogen (secondary N) is 1. The van der Waals surface area contributed by atoms with Gasteiger partial charge in [-0.3, -0.25) is 9.78 Å². The number of anilines is 1. The minimum Gasteiger partial charge on any atom is -0.325 e. The number of aromatic nitrogens is 1. The number of benzene rings is 1. The van der Waals surface area contributed by atoms with Crippen molar-refractivity contribution in [2.75, 3.05) is 11.9 Å². The van der Waals surface area contributed by atoms with Crippen molar-refractivity contribution in [3.8, 4) is 11.1 Å². The Labute approximate surface area is 99.5 Å². The highest BCUT2D eigenvalue weighted by molar-refractivity contribution is 5.92. The number of amides is 1. The van der Waals surface area contributed by atoms with Crippen LogP contribution in [-0.4, -0.2) is 17.4 Å². The number of carbonyl (C=O) groups is 1. The van der Waals surface area contributed by atoms with Gasteiger partial charge < -0.3 is 11.1 Å². The van der Waals surface area contributed by atoms with Crippen LogP contribution in [0.2, 0.25) is 0 Å². The fraction of sp³-hybridized carbons (Fsp3) is 0.0769. The standard InChI is InChI=1S/C13H13N3O/c14-8-13(17)16-12-5-3-10(4-6-12)11-2-1-7-15-9-11/h1-7,9H,8,14H2,(H,16,17). The summed E-state index contributed by atoms with van der Waals surface area (Å²) < 4.78 is 0. The molecule has 2 rings (SSSR count). The summed E-state index contributed by atoms with van der Waals surface area (Å²) in [6.07, 6.45) is 3.53. The van der Waals surface area contributed by atoms with E-state index in [1.54, 1.807) is 12.4 Å². The van der Waals surface area contributed by atoms with E-state index < -0.39 is 0 Å². The highest BCUT2D eigenvalue weighted by Gasteiger charge is 2.00. The van der Waals surface area contributed by atoms with Gasteiger partial charge in [-0.25, -0.2) is 0 Å². The fourth-order valence-corrected chi connectivity index (χ4v) is 1.49. The topological polar surface area (TPSA) is 68.0 Å². The van der Waals surface area contributed by atoms with E-state index in [-0.39, 0.29) is 12.5 Å². The molecule has 0 radical (unpaired) electrons. The first-order valence-corrected chi connectivity index (χ1v) is 5.30. The highest BCUT2D eigenvalue weighted by atomic mass is 16.1. The summed E-state index contributed by atoms with van der Waals surface area (Å²) in [4.78, 5) is 15.1. The third-order valence-electron chi connectivity index (χ3n) is 2.35. The van der Waals surface area contributed by atoms with Gasteiger partial charge in [0, 0.05) is 18.1 Å². The third-order valence-corrected chi connectivity index (χ3v) is 2.35. The lowest BCUT2D eigenvalue weighted by Gasteiger charge is -2.05. The molecule has 1 aromatic heterocycles. The van der Waals surface area contributed by atoms with E-state index in [4.69, 9.17) is 5.73 Å². The minimum absolute atomic E-state index is 0.00957. The molecule has 3 N–H and O–H groups in total. The molecule has 0 fully saturated rings. The zero-order valence-corrected chi connectivity index (χ0v) is 9.26. The molecule has 0 aliphatic heterocycles. The minimum atomic E-state index is -0.195. The molecule has 0 bridgehead atoms. The number of nitrogens with two attached hydrogens (primary N) is 1. The molecule has 0 saturated heterocycles. The Balaban J connectivity index is 2.16.